The lowest BCUT2D eigenvalue weighted by atomic mass is 10.1. The van der Waals surface area contributed by atoms with Gasteiger partial charge >= 0.3 is 6.03 Å². The summed E-state index contributed by atoms with van der Waals surface area (Å²) in [5.74, 6) is 0.621. The summed E-state index contributed by atoms with van der Waals surface area (Å²) in [6.07, 6.45) is 0.687. The number of para-hydroxylation sites is 1. The van der Waals surface area contributed by atoms with Gasteiger partial charge in [0.25, 0.3) is 5.91 Å². The van der Waals surface area contributed by atoms with Gasteiger partial charge in [0, 0.05) is 31.9 Å². The van der Waals surface area contributed by atoms with Gasteiger partial charge in [-0.05, 0) is 36.2 Å². The monoisotopic (exact) mass is 341 g/mol. The molecule has 0 spiro atoms. The number of nitrogens with zero attached hydrogens (tertiary/aromatic N) is 1. The number of rotatable bonds is 6. The molecule has 0 aliphatic carbocycles. The summed E-state index contributed by atoms with van der Waals surface area (Å²) >= 11 is 0. The van der Waals surface area contributed by atoms with Crippen LogP contribution in [-0.4, -0.2) is 44.6 Å². The van der Waals surface area contributed by atoms with Crippen LogP contribution in [0, 0.1) is 0 Å². The van der Waals surface area contributed by atoms with E-state index in [4.69, 9.17) is 4.74 Å². The van der Waals surface area contributed by atoms with Crippen molar-refractivity contribution in [3.8, 4) is 5.75 Å². The topological polar surface area (TPSA) is 70.7 Å². The van der Waals surface area contributed by atoms with Crippen LogP contribution in [0.25, 0.3) is 0 Å². The molecule has 0 aliphatic heterocycles. The molecule has 25 heavy (non-hydrogen) atoms. The Balaban J connectivity index is 1.95. The Morgan fingerprint density at radius 1 is 1.12 bits per heavy atom. The SMILES string of the molecule is CNC(=O)c1cccc(NC(=O)N(C)CCc2ccccc2OC)c1. The molecule has 2 aromatic carbocycles. The van der Waals surface area contributed by atoms with E-state index in [1.165, 1.54) is 0 Å². The average Bonchev–Trinajstić information content (AvgIpc) is 2.65. The van der Waals surface area contributed by atoms with E-state index in [1.54, 1.807) is 50.4 Å². The third kappa shape index (κ3) is 4.97. The van der Waals surface area contributed by atoms with Gasteiger partial charge in [-0.3, -0.25) is 4.79 Å². The number of anilines is 1. The normalized spacial score (nSPS) is 10.0. The van der Waals surface area contributed by atoms with Gasteiger partial charge in [0.15, 0.2) is 0 Å². The molecule has 0 heterocycles. The molecule has 2 N–H and O–H groups in total. The van der Waals surface area contributed by atoms with Crippen LogP contribution in [0.3, 0.4) is 0 Å². The molecule has 0 saturated carbocycles. The lowest BCUT2D eigenvalue weighted by molar-refractivity contribution is 0.0963. The van der Waals surface area contributed by atoms with Crippen molar-refractivity contribution in [3.05, 3.63) is 59.7 Å². The number of methoxy groups -OCH3 is 1. The Labute approximate surface area is 147 Å². The van der Waals surface area contributed by atoms with Crippen molar-refractivity contribution in [1.29, 1.82) is 0 Å². The zero-order valence-electron chi connectivity index (χ0n) is 14.7. The number of likely N-dealkylation sites (N-methyl/N-ethyl adjacent to an activating group) is 1. The second-order valence-corrected chi connectivity index (χ2v) is 5.57. The van der Waals surface area contributed by atoms with Crippen molar-refractivity contribution in [2.75, 3.05) is 33.1 Å². The fraction of sp³-hybridized carbons (Fsp3) is 0.263. The zero-order chi connectivity index (χ0) is 18.2. The summed E-state index contributed by atoms with van der Waals surface area (Å²) in [6.45, 7) is 0.543. The van der Waals surface area contributed by atoms with Crippen LogP contribution in [-0.2, 0) is 6.42 Å². The van der Waals surface area contributed by atoms with E-state index in [2.05, 4.69) is 10.6 Å². The number of benzene rings is 2. The molecule has 0 unspecified atom stereocenters. The van der Waals surface area contributed by atoms with Gasteiger partial charge in [-0.2, -0.15) is 0 Å². The van der Waals surface area contributed by atoms with Crippen LogP contribution in [0.1, 0.15) is 15.9 Å². The van der Waals surface area contributed by atoms with E-state index in [9.17, 15) is 9.59 Å². The lowest BCUT2D eigenvalue weighted by Gasteiger charge is -2.19. The Hall–Kier alpha value is -3.02. The van der Waals surface area contributed by atoms with Gasteiger partial charge < -0.3 is 20.3 Å². The van der Waals surface area contributed by atoms with E-state index < -0.39 is 0 Å². The smallest absolute Gasteiger partial charge is 0.321 e. The standard InChI is InChI=1S/C19H23N3O3/c1-20-18(23)15-8-6-9-16(13-15)21-19(24)22(2)12-11-14-7-4-5-10-17(14)25-3/h4-10,13H,11-12H2,1-3H3,(H,20,23)(H,21,24). The highest BCUT2D eigenvalue weighted by molar-refractivity contribution is 5.96. The van der Waals surface area contributed by atoms with Crippen LogP contribution in [0.2, 0.25) is 0 Å². The van der Waals surface area contributed by atoms with Crippen molar-refractivity contribution >= 4 is 17.6 Å². The molecule has 0 aliphatic rings. The zero-order valence-corrected chi connectivity index (χ0v) is 14.7. The second kappa shape index (κ2) is 8.73. The summed E-state index contributed by atoms with van der Waals surface area (Å²) in [5, 5.41) is 5.36. The lowest BCUT2D eigenvalue weighted by Crippen LogP contribution is -2.33. The largest absolute Gasteiger partial charge is 0.496 e. The van der Waals surface area contributed by atoms with E-state index in [-0.39, 0.29) is 11.9 Å². The highest BCUT2D eigenvalue weighted by Crippen LogP contribution is 2.18. The van der Waals surface area contributed by atoms with Gasteiger partial charge in [0.1, 0.15) is 5.75 Å². The highest BCUT2D eigenvalue weighted by Gasteiger charge is 2.11. The maximum atomic E-state index is 12.3. The summed E-state index contributed by atoms with van der Waals surface area (Å²) in [5.41, 5.74) is 2.12. The molecular formula is C19H23N3O3. The minimum absolute atomic E-state index is 0.194. The van der Waals surface area contributed by atoms with Crippen LogP contribution in [0.4, 0.5) is 10.5 Å². The van der Waals surface area contributed by atoms with E-state index in [1.807, 2.05) is 24.3 Å². The number of hydrogen-bond acceptors (Lipinski definition) is 3. The predicted octanol–water partition coefficient (Wildman–Crippen LogP) is 2.76. The minimum Gasteiger partial charge on any atom is -0.496 e. The molecule has 6 heteroatoms. The first-order valence-corrected chi connectivity index (χ1v) is 8.01. The van der Waals surface area contributed by atoms with Crippen LogP contribution >= 0.6 is 0 Å². The van der Waals surface area contributed by atoms with Crippen molar-refractivity contribution in [2.45, 2.75) is 6.42 Å². The maximum absolute atomic E-state index is 12.3. The average molecular weight is 341 g/mol. The number of hydrogen-bond donors (Lipinski definition) is 2. The quantitative estimate of drug-likeness (QED) is 0.849. The molecule has 0 bridgehead atoms. The van der Waals surface area contributed by atoms with Gasteiger partial charge in [-0.1, -0.05) is 24.3 Å². The number of carbonyl (C=O) groups excluding carboxylic acids is 2. The molecule has 0 saturated heterocycles. The second-order valence-electron chi connectivity index (χ2n) is 5.57. The van der Waals surface area contributed by atoms with Crippen molar-refractivity contribution in [3.63, 3.8) is 0 Å². The third-order valence-corrected chi connectivity index (χ3v) is 3.86. The Kier molecular flexibility index (Phi) is 6.39. The van der Waals surface area contributed by atoms with Gasteiger partial charge in [-0.25, -0.2) is 4.79 Å². The molecule has 3 amide bonds. The fourth-order valence-electron chi connectivity index (χ4n) is 2.40. The molecule has 0 radical (unpaired) electrons. The molecule has 0 atom stereocenters. The fourth-order valence-corrected chi connectivity index (χ4v) is 2.40. The Bertz CT molecular complexity index is 746. The number of carbonyl (C=O) groups is 2. The summed E-state index contributed by atoms with van der Waals surface area (Å²) < 4.78 is 5.32. The van der Waals surface area contributed by atoms with Crippen LogP contribution in [0.5, 0.6) is 5.75 Å². The Morgan fingerprint density at radius 3 is 2.60 bits per heavy atom. The molecule has 0 fully saturated rings. The van der Waals surface area contributed by atoms with Crippen LogP contribution < -0.4 is 15.4 Å². The predicted molar refractivity (Wildman–Crippen MR) is 98.2 cm³/mol. The molecule has 6 nitrogen and oxygen atoms in total. The van der Waals surface area contributed by atoms with Crippen LogP contribution in [0.15, 0.2) is 48.5 Å². The first-order chi connectivity index (χ1) is 12.0. The minimum atomic E-state index is -0.232. The van der Waals surface area contributed by atoms with E-state index in [0.717, 1.165) is 11.3 Å². The molecule has 132 valence electrons. The highest BCUT2D eigenvalue weighted by atomic mass is 16.5. The first-order valence-electron chi connectivity index (χ1n) is 8.01. The summed E-state index contributed by atoms with van der Waals surface area (Å²) in [4.78, 5) is 25.6. The van der Waals surface area contributed by atoms with Crippen molar-refractivity contribution in [2.24, 2.45) is 0 Å². The number of amides is 3. The first kappa shape index (κ1) is 18.3. The number of nitrogens with one attached hydrogen (secondary N) is 2. The van der Waals surface area contributed by atoms with Gasteiger partial charge in [-0.15, -0.1) is 0 Å². The van der Waals surface area contributed by atoms with Crippen molar-refractivity contribution in [1.82, 2.24) is 10.2 Å². The van der Waals surface area contributed by atoms with Gasteiger partial charge in [0.05, 0.1) is 7.11 Å². The van der Waals surface area contributed by atoms with E-state index >= 15 is 0 Å². The van der Waals surface area contributed by atoms with Crippen molar-refractivity contribution < 1.29 is 14.3 Å². The summed E-state index contributed by atoms with van der Waals surface area (Å²) in [6, 6.07) is 14.3. The number of urea groups is 1. The third-order valence-electron chi connectivity index (χ3n) is 3.86. The maximum Gasteiger partial charge on any atom is 0.321 e. The molecule has 2 rings (SSSR count). The summed E-state index contributed by atoms with van der Waals surface area (Å²) in [7, 11) is 4.93. The molecular weight excluding hydrogens is 318 g/mol. The molecule has 2 aromatic rings. The molecule has 0 aromatic heterocycles. The number of ether oxygens (including phenoxy) is 1. The van der Waals surface area contributed by atoms with Gasteiger partial charge in [0.2, 0.25) is 0 Å². The van der Waals surface area contributed by atoms with E-state index in [0.29, 0.717) is 24.2 Å². The Morgan fingerprint density at radius 2 is 1.88 bits per heavy atom.